The highest BCUT2D eigenvalue weighted by atomic mass is 32.1. The van der Waals surface area contributed by atoms with Crippen LogP contribution in [0.25, 0.3) is 0 Å². The first-order valence-corrected chi connectivity index (χ1v) is 13.4. The van der Waals surface area contributed by atoms with Crippen molar-refractivity contribution in [3.63, 3.8) is 0 Å². The Labute approximate surface area is 206 Å². The monoisotopic (exact) mass is 476 g/mol. The van der Waals surface area contributed by atoms with E-state index in [4.69, 9.17) is 12.2 Å². The van der Waals surface area contributed by atoms with Crippen LogP contribution < -0.4 is 10.7 Å². The fraction of sp³-hybridized carbons (Fsp3) is 0.692. The fourth-order valence-electron chi connectivity index (χ4n) is 3.84. The maximum Gasteiger partial charge on any atom is 0.278 e. The molecule has 0 amide bonds. The van der Waals surface area contributed by atoms with Crippen molar-refractivity contribution in [2.24, 2.45) is 5.10 Å². The Bertz CT molecular complexity index is 682. The molecule has 0 radical (unpaired) electrons. The van der Waals surface area contributed by atoms with Gasteiger partial charge in [0.1, 0.15) is 0 Å². The van der Waals surface area contributed by atoms with Crippen LogP contribution in [-0.4, -0.2) is 22.8 Å². The second-order valence-electron chi connectivity index (χ2n) is 8.75. The number of hydrogen-bond acceptors (Lipinski definition) is 4. The van der Waals surface area contributed by atoms with Crippen LogP contribution in [0.2, 0.25) is 0 Å². The van der Waals surface area contributed by atoms with Gasteiger partial charge in [0.05, 0.1) is 16.7 Å². The van der Waals surface area contributed by atoms with E-state index in [0.29, 0.717) is 10.7 Å². The number of nitrogens with one attached hydrogen (secondary N) is 2. The van der Waals surface area contributed by atoms with Crippen LogP contribution in [0.3, 0.4) is 0 Å². The largest absolute Gasteiger partial charge is 0.361 e. The van der Waals surface area contributed by atoms with Crippen LogP contribution in [0.4, 0.5) is 5.69 Å². The maximum atomic E-state index is 11.0. The zero-order chi connectivity index (χ0) is 24.0. The molecule has 1 aromatic carbocycles. The van der Waals surface area contributed by atoms with Gasteiger partial charge in [-0.05, 0) is 24.7 Å². The molecule has 0 saturated carbocycles. The van der Waals surface area contributed by atoms with Crippen LogP contribution in [0.15, 0.2) is 29.4 Å². The summed E-state index contributed by atoms with van der Waals surface area (Å²) in [6, 6.07) is 6.47. The van der Waals surface area contributed by atoms with Crippen LogP contribution >= 0.6 is 12.2 Å². The van der Waals surface area contributed by atoms with Gasteiger partial charge in [-0.3, -0.25) is 15.5 Å². The average molecular weight is 477 g/mol. The molecule has 0 bridgehead atoms. The van der Waals surface area contributed by atoms with Crippen molar-refractivity contribution in [3.05, 3.63) is 39.9 Å². The van der Waals surface area contributed by atoms with Crippen molar-refractivity contribution in [1.82, 2.24) is 10.7 Å². The van der Waals surface area contributed by atoms with Gasteiger partial charge < -0.3 is 5.32 Å². The van der Waals surface area contributed by atoms with Crippen LogP contribution in [0, 0.1) is 10.1 Å². The molecule has 6 nitrogen and oxygen atoms in total. The summed E-state index contributed by atoms with van der Waals surface area (Å²) < 4.78 is 0. The Morgan fingerprint density at radius 3 is 1.88 bits per heavy atom. The molecule has 1 rings (SSSR count). The number of nitro benzene ring substituents is 1. The number of rotatable bonds is 20. The normalized spacial score (nSPS) is 11.1. The van der Waals surface area contributed by atoms with Gasteiger partial charge in [0.2, 0.25) is 0 Å². The predicted molar refractivity (Wildman–Crippen MR) is 144 cm³/mol. The molecule has 0 heterocycles. The van der Waals surface area contributed by atoms with E-state index in [1.807, 2.05) is 0 Å². The first-order valence-electron chi connectivity index (χ1n) is 13.0. The number of nitro groups is 1. The van der Waals surface area contributed by atoms with Gasteiger partial charge in [0, 0.05) is 12.6 Å². The third-order valence-electron chi connectivity index (χ3n) is 5.82. The lowest BCUT2D eigenvalue weighted by Gasteiger charge is -2.07. The van der Waals surface area contributed by atoms with Gasteiger partial charge in [-0.1, -0.05) is 115 Å². The number of hydrogen-bond donors (Lipinski definition) is 2. The number of benzene rings is 1. The zero-order valence-corrected chi connectivity index (χ0v) is 21.3. The minimum absolute atomic E-state index is 0.0232. The molecule has 33 heavy (non-hydrogen) atoms. The molecule has 0 fully saturated rings. The number of nitrogens with zero attached hydrogens (tertiary/aromatic N) is 2. The molecule has 186 valence electrons. The van der Waals surface area contributed by atoms with E-state index in [0.717, 1.165) is 13.0 Å². The summed E-state index contributed by atoms with van der Waals surface area (Å²) in [6.07, 6.45) is 23.1. The van der Waals surface area contributed by atoms with Gasteiger partial charge in [0.15, 0.2) is 5.11 Å². The Morgan fingerprint density at radius 1 is 0.879 bits per heavy atom. The number of para-hydroxylation sites is 1. The van der Waals surface area contributed by atoms with Crippen molar-refractivity contribution in [2.75, 3.05) is 6.54 Å². The van der Waals surface area contributed by atoms with Crippen molar-refractivity contribution >= 4 is 29.2 Å². The molecule has 0 unspecified atom stereocenters. The van der Waals surface area contributed by atoms with E-state index in [1.165, 1.54) is 109 Å². The lowest BCUT2D eigenvalue weighted by atomic mass is 10.0. The quantitative estimate of drug-likeness (QED) is 0.0664. The van der Waals surface area contributed by atoms with Crippen molar-refractivity contribution in [1.29, 1.82) is 0 Å². The topological polar surface area (TPSA) is 79.6 Å². The highest BCUT2D eigenvalue weighted by molar-refractivity contribution is 7.80. The molecule has 0 aliphatic heterocycles. The number of hydrazone groups is 1. The van der Waals surface area contributed by atoms with Crippen LogP contribution in [0.1, 0.15) is 115 Å². The molecule has 0 aliphatic carbocycles. The maximum absolute atomic E-state index is 11.0. The standard InChI is InChI=1S/C26H44N4O2S/c1-2-3-4-5-6-7-8-9-10-11-12-13-14-15-16-19-22-27-26(33)29-28-23-24-20-17-18-21-25(24)30(31)32/h17-18,20-21,23H,2-16,19,22H2,1H3,(H2,27,29,33)/b28-23-. The minimum Gasteiger partial charge on any atom is -0.361 e. The molecule has 7 heteroatoms. The van der Waals surface area contributed by atoms with Crippen LogP contribution in [-0.2, 0) is 0 Å². The first-order chi connectivity index (χ1) is 16.1. The summed E-state index contributed by atoms with van der Waals surface area (Å²) in [5, 5.41) is 18.5. The van der Waals surface area contributed by atoms with Gasteiger partial charge in [0.25, 0.3) is 5.69 Å². The van der Waals surface area contributed by atoms with E-state index in [-0.39, 0.29) is 5.69 Å². The zero-order valence-electron chi connectivity index (χ0n) is 20.5. The third-order valence-corrected chi connectivity index (χ3v) is 6.05. The lowest BCUT2D eigenvalue weighted by molar-refractivity contribution is -0.385. The van der Waals surface area contributed by atoms with E-state index >= 15 is 0 Å². The highest BCUT2D eigenvalue weighted by Gasteiger charge is 2.09. The average Bonchev–Trinajstić information content (AvgIpc) is 2.81. The molecule has 1 aromatic rings. The van der Waals surface area contributed by atoms with E-state index < -0.39 is 4.92 Å². The smallest absolute Gasteiger partial charge is 0.278 e. The van der Waals surface area contributed by atoms with Gasteiger partial charge >= 0.3 is 0 Å². The molecular weight excluding hydrogens is 432 g/mol. The van der Waals surface area contributed by atoms with Gasteiger partial charge in [-0.15, -0.1) is 0 Å². The van der Waals surface area contributed by atoms with Gasteiger partial charge in [-0.2, -0.15) is 5.10 Å². The summed E-state index contributed by atoms with van der Waals surface area (Å²) in [6.45, 7) is 3.09. The Hall–Kier alpha value is -2.02. The fourth-order valence-corrected chi connectivity index (χ4v) is 3.99. The highest BCUT2D eigenvalue weighted by Crippen LogP contribution is 2.15. The van der Waals surface area contributed by atoms with Gasteiger partial charge in [-0.25, -0.2) is 0 Å². The predicted octanol–water partition coefficient (Wildman–Crippen LogP) is 7.65. The van der Waals surface area contributed by atoms with Crippen LogP contribution in [0.5, 0.6) is 0 Å². The summed E-state index contributed by atoms with van der Waals surface area (Å²) >= 11 is 5.19. The summed E-state index contributed by atoms with van der Waals surface area (Å²) in [5.41, 5.74) is 3.18. The van der Waals surface area contributed by atoms with E-state index in [2.05, 4.69) is 22.8 Å². The molecule has 0 aliphatic rings. The van der Waals surface area contributed by atoms with Crippen molar-refractivity contribution in [3.8, 4) is 0 Å². The molecule has 0 spiro atoms. The second-order valence-corrected chi connectivity index (χ2v) is 9.15. The number of unbranched alkanes of at least 4 members (excludes halogenated alkanes) is 15. The SMILES string of the molecule is CCCCCCCCCCCCCCCCCCNC(=S)N/N=C\c1ccccc1[N+](=O)[O-]. The molecule has 2 N–H and O–H groups in total. The van der Waals surface area contributed by atoms with E-state index in [9.17, 15) is 10.1 Å². The lowest BCUT2D eigenvalue weighted by Crippen LogP contribution is -2.32. The molecular formula is C26H44N4O2S. The first kappa shape index (κ1) is 29.0. The van der Waals surface area contributed by atoms with E-state index in [1.54, 1.807) is 18.2 Å². The Balaban J connectivity index is 1.89. The Morgan fingerprint density at radius 2 is 1.36 bits per heavy atom. The summed E-state index contributed by atoms with van der Waals surface area (Å²) in [5.74, 6) is 0. The molecule has 0 aromatic heterocycles. The van der Waals surface area contributed by atoms with Crippen molar-refractivity contribution < 1.29 is 4.92 Å². The minimum atomic E-state index is -0.421. The third kappa shape index (κ3) is 16.3. The number of thiocarbonyl (C=S) groups is 1. The Kier molecular flexibility index (Phi) is 18.1. The summed E-state index contributed by atoms with van der Waals surface area (Å²) in [4.78, 5) is 10.6. The molecule has 0 atom stereocenters. The summed E-state index contributed by atoms with van der Waals surface area (Å²) in [7, 11) is 0. The molecule has 0 saturated heterocycles. The second kappa shape index (κ2) is 20.6. The van der Waals surface area contributed by atoms with Crippen molar-refractivity contribution in [2.45, 2.75) is 110 Å².